The molecule has 0 N–H and O–H groups in total. The molecule has 1 heterocycles. The highest BCUT2D eigenvalue weighted by Gasteiger charge is 2.19. The van der Waals surface area contributed by atoms with E-state index in [9.17, 15) is 4.79 Å². The van der Waals surface area contributed by atoms with Crippen LogP contribution in [0.15, 0.2) is 48.5 Å². The number of benzene rings is 2. The summed E-state index contributed by atoms with van der Waals surface area (Å²) < 4.78 is 7.46. The summed E-state index contributed by atoms with van der Waals surface area (Å²) in [5.74, 6) is 2.28. The fourth-order valence-electron chi connectivity index (χ4n) is 3.21. The Labute approximate surface area is 175 Å². The minimum atomic E-state index is -0.0742. The van der Waals surface area contributed by atoms with Crippen LogP contribution in [0, 0.1) is 11.3 Å². The van der Waals surface area contributed by atoms with Gasteiger partial charge in [0.2, 0.25) is 5.91 Å². The molecule has 0 saturated carbocycles. The molecule has 0 spiro atoms. The van der Waals surface area contributed by atoms with Gasteiger partial charge in [0.05, 0.1) is 35.9 Å². The maximum Gasteiger partial charge on any atom is 0.247 e. The molecule has 0 saturated heterocycles. The quantitative estimate of drug-likeness (QED) is 0.529. The summed E-state index contributed by atoms with van der Waals surface area (Å²) in [7, 11) is 0. The summed E-state index contributed by atoms with van der Waals surface area (Å²) in [5.41, 5.74) is 2.58. The molecular weight excluding hydrogens is 384 g/mol. The number of para-hydroxylation sites is 2. The first kappa shape index (κ1) is 20.7. The van der Waals surface area contributed by atoms with Gasteiger partial charge >= 0.3 is 0 Å². The van der Waals surface area contributed by atoms with E-state index in [-0.39, 0.29) is 18.9 Å². The zero-order valence-corrected chi connectivity index (χ0v) is 17.5. The normalized spacial score (nSPS) is 10.7. The van der Waals surface area contributed by atoms with Gasteiger partial charge in [-0.2, -0.15) is 17.0 Å². The summed E-state index contributed by atoms with van der Waals surface area (Å²) in [5, 5.41) is 9.04. The molecule has 0 radical (unpaired) electrons. The van der Waals surface area contributed by atoms with Crippen molar-refractivity contribution in [2.75, 3.05) is 24.3 Å². The lowest BCUT2D eigenvalue weighted by molar-refractivity contribution is -0.119. The molecule has 1 amide bonds. The lowest BCUT2D eigenvalue weighted by Gasteiger charge is -2.23. The lowest BCUT2D eigenvalue weighted by atomic mass is 10.2. The Bertz CT molecular complexity index is 1010. The molecule has 7 heteroatoms. The Hall–Kier alpha value is -2.98. The third kappa shape index (κ3) is 4.90. The Morgan fingerprint density at radius 1 is 1.24 bits per heavy atom. The SMILES string of the molecule is CCOc1ccc(N(CCC#N)C(=O)Cn2c(CSC)nc3ccccc32)cc1. The van der Waals surface area contributed by atoms with Crippen LogP contribution in [-0.2, 0) is 17.1 Å². The number of aromatic nitrogens is 2. The second-order valence-electron chi connectivity index (χ2n) is 6.42. The Morgan fingerprint density at radius 3 is 2.69 bits per heavy atom. The van der Waals surface area contributed by atoms with Gasteiger partial charge < -0.3 is 14.2 Å². The van der Waals surface area contributed by atoms with E-state index in [1.807, 2.05) is 66.3 Å². The number of carbonyl (C=O) groups is 1. The highest BCUT2D eigenvalue weighted by Crippen LogP contribution is 2.23. The van der Waals surface area contributed by atoms with Crippen molar-refractivity contribution in [2.24, 2.45) is 0 Å². The van der Waals surface area contributed by atoms with E-state index in [0.717, 1.165) is 34.0 Å². The Balaban J connectivity index is 1.90. The van der Waals surface area contributed by atoms with Gasteiger partial charge in [-0.25, -0.2) is 4.98 Å². The number of imidazole rings is 1. The van der Waals surface area contributed by atoms with E-state index in [1.54, 1.807) is 16.7 Å². The third-order valence-corrected chi connectivity index (χ3v) is 5.05. The average Bonchev–Trinajstić information content (AvgIpc) is 3.07. The first-order chi connectivity index (χ1) is 14.2. The van der Waals surface area contributed by atoms with Gasteiger partial charge in [-0.15, -0.1) is 0 Å². The van der Waals surface area contributed by atoms with Gasteiger partial charge in [-0.05, 0) is 49.6 Å². The summed E-state index contributed by atoms with van der Waals surface area (Å²) >= 11 is 1.67. The van der Waals surface area contributed by atoms with E-state index in [2.05, 4.69) is 11.1 Å². The van der Waals surface area contributed by atoms with Gasteiger partial charge in [0.15, 0.2) is 0 Å². The number of hydrogen-bond acceptors (Lipinski definition) is 5. The number of nitrogens with zero attached hydrogens (tertiary/aromatic N) is 4. The monoisotopic (exact) mass is 408 g/mol. The minimum absolute atomic E-state index is 0.0742. The number of rotatable bonds is 9. The van der Waals surface area contributed by atoms with Gasteiger partial charge in [0.25, 0.3) is 0 Å². The topological polar surface area (TPSA) is 71.2 Å². The van der Waals surface area contributed by atoms with Crippen molar-refractivity contribution in [3.05, 3.63) is 54.4 Å². The van der Waals surface area contributed by atoms with Crippen LogP contribution in [0.1, 0.15) is 19.2 Å². The standard InChI is InChI=1S/C22H24N4O2S/c1-3-28-18-11-9-17(10-12-18)25(14-6-13-23)22(27)15-26-20-8-5-4-7-19(20)24-21(26)16-29-2/h4-5,7-12H,3,6,14-16H2,1-2H3. The van der Waals surface area contributed by atoms with E-state index in [0.29, 0.717) is 13.2 Å². The highest BCUT2D eigenvalue weighted by atomic mass is 32.2. The first-order valence-corrected chi connectivity index (χ1v) is 10.9. The van der Waals surface area contributed by atoms with E-state index in [1.165, 1.54) is 0 Å². The van der Waals surface area contributed by atoms with Crippen LogP contribution in [0.5, 0.6) is 5.75 Å². The predicted octanol–water partition coefficient (Wildman–Crippen LogP) is 4.24. The minimum Gasteiger partial charge on any atom is -0.494 e. The number of hydrogen-bond donors (Lipinski definition) is 0. The molecule has 0 fully saturated rings. The fourth-order valence-corrected chi connectivity index (χ4v) is 3.69. The molecule has 0 atom stereocenters. The predicted molar refractivity (Wildman–Crippen MR) is 117 cm³/mol. The Morgan fingerprint density at radius 2 is 2.00 bits per heavy atom. The number of amides is 1. The molecule has 150 valence electrons. The molecule has 0 aliphatic rings. The number of thioether (sulfide) groups is 1. The number of fused-ring (bicyclic) bond motifs is 1. The third-order valence-electron chi connectivity index (χ3n) is 4.51. The van der Waals surface area contributed by atoms with E-state index >= 15 is 0 Å². The second-order valence-corrected chi connectivity index (χ2v) is 7.28. The molecule has 2 aromatic carbocycles. The molecule has 3 rings (SSSR count). The molecule has 0 bridgehead atoms. The van der Waals surface area contributed by atoms with Crippen molar-refractivity contribution >= 4 is 34.4 Å². The van der Waals surface area contributed by atoms with Crippen LogP contribution in [0.3, 0.4) is 0 Å². The number of nitriles is 1. The number of carbonyl (C=O) groups excluding carboxylic acids is 1. The molecule has 3 aromatic rings. The zero-order chi connectivity index (χ0) is 20.6. The molecule has 1 aromatic heterocycles. The summed E-state index contributed by atoms with van der Waals surface area (Å²) in [6.07, 6.45) is 2.28. The molecule has 29 heavy (non-hydrogen) atoms. The van der Waals surface area contributed by atoms with Gasteiger partial charge in [0, 0.05) is 12.2 Å². The van der Waals surface area contributed by atoms with Crippen LogP contribution >= 0.6 is 11.8 Å². The van der Waals surface area contributed by atoms with Crippen molar-refractivity contribution in [3.63, 3.8) is 0 Å². The Kier molecular flexibility index (Phi) is 7.14. The van der Waals surface area contributed by atoms with Gasteiger partial charge in [-0.3, -0.25) is 4.79 Å². The molecule has 6 nitrogen and oxygen atoms in total. The van der Waals surface area contributed by atoms with E-state index < -0.39 is 0 Å². The van der Waals surface area contributed by atoms with Crippen molar-refractivity contribution in [3.8, 4) is 11.8 Å². The van der Waals surface area contributed by atoms with Crippen molar-refractivity contribution in [1.29, 1.82) is 5.26 Å². The molecular formula is C22H24N4O2S. The summed E-state index contributed by atoms with van der Waals surface area (Å²) in [6.45, 7) is 3.03. The molecule has 0 unspecified atom stereocenters. The zero-order valence-electron chi connectivity index (χ0n) is 16.7. The molecule has 0 aliphatic carbocycles. The van der Waals surface area contributed by atoms with Crippen molar-refractivity contribution < 1.29 is 9.53 Å². The van der Waals surface area contributed by atoms with Crippen molar-refractivity contribution in [2.45, 2.75) is 25.6 Å². The maximum atomic E-state index is 13.3. The van der Waals surface area contributed by atoms with Crippen LogP contribution in [0.25, 0.3) is 11.0 Å². The largest absolute Gasteiger partial charge is 0.494 e. The van der Waals surface area contributed by atoms with Gasteiger partial charge in [0.1, 0.15) is 18.1 Å². The summed E-state index contributed by atoms with van der Waals surface area (Å²) in [4.78, 5) is 19.6. The van der Waals surface area contributed by atoms with Crippen molar-refractivity contribution in [1.82, 2.24) is 9.55 Å². The molecule has 0 aliphatic heterocycles. The van der Waals surface area contributed by atoms with E-state index in [4.69, 9.17) is 10.00 Å². The van der Waals surface area contributed by atoms with Crippen LogP contribution < -0.4 is 9.64 Å². The second kappa shape index (κ2) is 9.99. The summed E-state index contributed by atoms with van der Waals surface area (Å²) in [6, 6.07) is 17.4. The fraction of sp³-hybridized carbons (Fsp3) is 0.318. The average molecular weight is 409 g/mol. The highest BCUT2D eigenvalue weighted by molar-refractivity contribution is 7.97. The van der Waals surface area contributed by atoms with Crippen LogP contribution in [0.4, 0.5) is 5.69 Å². The number of anilines is 1. The van der Waals surface area contributed by atoms with Crippen LogP contribution in [0.2, 0.25) is 0 Å². The smallest absolute Gasteiger partial charge is 0.247 e. The lowest BCUT2D eigenvalue weighted by Crippen LogP contribution is -2.35. The maximum absolute atomic E-state index is 13.3. The van der Waals surface area contributed by atoms with Crippen LogP contribution in [-0.4, -0.2) is 34.9 Å². The van der Waals surface area contributed by atoms with Gasteiger partial charge in [-0.1, -0.05) is 12.1 Å². The first-order valence-electron chi connectivity index (χ1n) is 9.51. The number of ether oxygens (including phenoxy) is 1.